The molecule has 0 radical (unpaired) electrons. The average Bonchev–Trinajstić information content (AvgIpc) is 2.19. The number of halogens is 3. The number of ether oxygens (including phenoxy) is 1. The minimum absolute atomic E-state index is 0.249. The maximum atomic E-state index is 12.5. The summed E-state index contributed by atoms with van der Waals surface area (Å²) in [6, 6.07) is 0. The van der Waals surface area contributed by atoms with E-state index in [4.69, 9.17) is 4.74 Å². The molecule has 0 N–H and O–H groups in total. The fraction of sp³-hybridized carbons (Fsp3) is 0.833. The van der Waals surface area contributed by atoms with Crippen LogP contribution in [0.2, 0.25) is 0 Å². The first-order chi connectivity index (χ1) is 9.59. The zero-order valence-corrected chi connectivity index (χ0v) is 13.7. The molecule has 0 saturated carbocycles. The molecule has 22 heavy (non-hydrogen) atoms. The molecule has 0 spiro atoms. The zero-order valence-electron chi connectivity index (χ0n) is 12.9. The molecule has 0 aliphatic rings. The van der Waals surface area contributed by atoms with Crippen LogP contribution in [0.25, 0.3) is 0 Å². The highest BCUT2D eigenvalue weighted by Crippen LogP contribution is 2.18. The molecule has 0 aromatic heterocycles. The van der Waals surface area contributed by atoms with Gasteiger partial charge in [-0.3, -0.25) is 9.59 Å². The van der Waals surface area contributed by atoms with Crippen LogP contribution in [0.3, 0.4) is 0 Å². The maximum Gasteiger partial charge on any atom is 0.406 e. The van der Waals surface area contributed by atoms with E-state index in [2.05, 4.69) is 0 Å². The minimum atomic E-state index is -4.71. The van der Waals surface area contributed by atoms with Gasteiger partial charge in [0.1, 0.15) is 28.5 Å². The summed E-state index contributed by atoms with van der Waals surface area (Å²) in [4.78, 5) is 23.5. The summed E-state index contributed by atoms with van der Waals surface area (Å²) in [6.45, 7) is 2.06. The molecule has 1 amide bonds. The second kappa shape index (κ2) is 7.30. The van der Waals surface area contributed by atoms with Crippen LogP contribution < -0.4 is 0 Å². The molecule has 6 nitrogen and oxygen atoms in total. The summed E-state index contributed by atoms with van der Waals surface area (Å²) in [7, 11) is -3.50. The molecular weight excluding hydrogens is 327 g/mol. The predicted octanol–water partition coefficient (Wildman–Crippen LogP) is 1.15. The number of rotatable bonds is 6. The van der Waals surface area contributed by atoms with Gasteiger partial charge < -0.3 is 9.64 Å². The van der Waals surface area contributed by atoms with Crippen molar-refractivity contribution in [2.45, 2.75) is 39.0 Å². The van der Waals surface area contributed by atoms with E-state index in [9.17, 15) is 31.2 Å². The topological polar surface area (TPSA) is 80.8 Å². The van der Waals surface area contributed by atoms with Gasteiger partial charge in [-0.1, -0.05) is 0 Å². The zero-order chi connectivity index (χ0) is 17.8. The number of alkyl halides is 3. The van der Waals surface area contributed by atoms with Gasteiger partial charge in [0.2, 0.25) is 5.91 Å². The average molecular weight is 347 g/mol. The molecule has 0 bridgehead atoms. The SMILES string of the molecule is CC(C)(C)OC(=O)CN(CC(F)(F)F)C(=O)CCS(C)(=O)=O. The molecule has 0 saturated heterocycles. The van der Waals surface area contributed by atoms with E-state index >= 15 is 0 Å². The third-order valence-corrected chi connectivity index (χ3v) is 3.10. The highest BCUT2D eigenvalue weighted by atomic mass is 32.2. The van der Waals surface area contributed by atoms with Gasteiger partial charge in [0, 0.05) is 12.7 Å². The van der Waals surface area contributed by atoms with E-state index in [1.54, 1.807) is 0 Å². The van der Waals surface area contributed by atoms with Crippen LogP contribution in [0, 0.1) is 0 Å². The van der Waals surface area contributed by atoms with E-state index in [-0.39, 0.29) is 4.90 Å². The van der Waals surface area contributed by atoms with Crippen LogP contribution in [-0.4, -0.2) is 62.1 Å². The van der Waals surface area contributed by atoms with Crippen molar-refractivity contribution in [3.63, 3.8) is 0 Å². The van der Waals surface area contributed by atoms with Crippen LogP contribution in [0.4, 0.5) is 13.2 Å². The van der Waals surface area contributed by atoms with Crippen LogP contribution in [0.1, 0.15) is 27.2 Å². The summed E-state index contributed by atoms with van der Waals surface area (Å²) in [6.07, 6.45) is -4.47. The van der Waals surface area contributed by atoms with Crippen LogP contribution in [0.5, 0.6) is 0 Å². The van der Waals surface area contributed by atoms with Gasteiger partial charge in [-0.05, 0) is 20.8 Å². The maximum absolute atomic E-state index is 12.5. The Morgan fingerprint density at radius 3 is 2.00 bits per heavy atom. The van der Waals surface area contributed by atoms with E-state index in [0.717, 1.165) is 6.26 Å². The van der Waals surface area contributed by atoms with Crippen molar-refractivity contribution in [1.29, 1.82) is 0 Å². The van der Waals surface area contributed by atoms with Gasteiger partial charge >= 0.3 is 12.1 Å². The first-order valence-corrected chi connectivity index (χ1v) is 8.39. The van der Waals surface area contributed by atoms with Crippen molar-refractivity contribution in [3.8, 4) is 0 Å². The summed E-state index contributed by atoms with van der Waals surface area (Å²) in [5, 5.41) is 0. The smallest absolute Gasteiger partial charge is 0.406 e. The van der Waals surface area contributed by atoms with Crippen molar-refractivity contribution in [2.75, 3.05) is 25.1 Å². The Bertz CT molecular complexity index is 508. The third kappa shape index (κ3) is 11.4. The fourth-order valence-electron chi connectivity index (χ4n) is 1.41. The fourth-order valence-corrected chi connectivity index (χ4v) is 1.95. The van der Waals surface area contributed by atoms with Crippen LogP contribution >= 0.6 is 0 Å². The third-order valence-electron chi connectivity index (χ3n) is 2.15. The molecule has 0 aromatic rings. The minimum Gasteiger partial charge on any atom is -0.459 e. The Morgan fingerprint density at radius 1 is 1.14 bits per heavy atom. The molecule has 0 aliphatic carbocycles. The highest BCUT2D eigenvalue weighted by Gasteiger charge is 2.34. The number of hydrogen-bond donors (Lipinski definition) is 0. The van der Waals surface area contributed by atoms with Crippen molar-refractivity contribution >= 4 is 21.7 Å². The molecule has 0 unspecified atom stereocenters. The predicted molar refractivity (Wildman–Crippen MR) is 72.8 cm³/mol. The monoisotopic (exact) mass is 347 g/mol. The first-order valence-electron chi connectivity index (χ1n) is 6.33. The normalized spacial score (nSPS) is 12.9. The number of sulfone groups is 1. The largest absolute Gasteiger partial charge is 0.459 e. The van der Waals surface area contributed by atoms with Crippen LogP contribution in [-0.2, 0) is 24.2 Å². The van der Waals surface area contributed by atoms with Crippen molar-refractivity contribution in [3.05, 3.63) is 0 Å². The molecule has 0 fully saturated rings. The van der Waals surface area contributed by atoms with Crippen LogP contribution in [0.15, 0.2) is 0 Å². The molecular formula is C12H20F3NO5S. The van der Waals surface area contributed by atoms with Gasteiger partial charge in [-0.2, -0.15) is 13.2 Å². The molecule has 0 atom stereocenters. The Kier molecular flexibility index (Phi) is 6.86. The number of nitrogens with zero attached hydrogens (tertiary/aromatic N) is 1. The standard InChI is InChI=1S/C12H20F3NO5S/c1-11(2,3)21-10(18)7-16(8-12(13,14)15)9(17)5-6-22(4,19)20/h5-8H2,1-4H3. The number of hydrogen-bond acceptors (Lipinski definition) is 5. The number of amides is 1. The summed E-state index contributed by atoms with van der Waals surface area (Å²) >= 11 is 0. The Balaban J connectivity index is 4.90. The van der Waals surface area contributed by atoms with Crippen molar-refractivity contribution < 1.29 is 35.9 Å². The lowest BCUT2D eigenvalue weighted by Crippen LogP contribution is -2.44. The Labute approximate surface area is 127 Å². The molecule has 0 rings (SSSR count). The highest BCUT2D eigenvalue weighted by molar-refractivity contribution is 7.90. The second-order valence-corrected chi connectivity index (χ2v) is 8.09. The van der Waals surface area contributed by atoms with Crippen molar-refractivity contribution in [2.24, 2.45) is 0 Å². The molecule has 10 heteroatoms. The molecule has 130 valence electrons. The summed E-state index contributed by atoms with van der Waals surface area (Å²) in [5.74, 6) is -2.66. The number of carbonyl (C=O) groups is 2. The van der Waals surface area contributed by atoms with Gasteiger partial charge in [0.05, 0.1) is 5.75 Å². The second-order valence-electron chi connectivity index (χ2n) is 5.83. The van der Waals surface area contributed by atoms with Gasteiger partial charge in [0.15, 0.2) is 0 Å². The van der Waals surface area contributed by atoms with Gasteiger partial charge in [0.25, 0.3) is 0 Å². The molecule has 0 aromatic carbocycles. The lowest BCUT2D eigenvalue weighted by Gasteiger charge is -2.25. The molecule has 0 aliphatic heterocycles. The van der Waals surface area contributed by atoms with E-state index in [1.807, 2.05) is 0 Å². The van der Waals surface area contributed by atoms with Gasteiger partial charge in [-0.25, -0.2) is 8.42 Å². The lowest BCUT2D eigenvalue weighted by atomic mass is 10.2. The number of esters is 1. The van der Waals surface area contributed by atoms with Gasteiger partial charge in [-0.15, -0.1) is 0 Å². The Hall–Kier alpha value is -1.32. The van der Waals surface area contributed by atoms with Crippen molar-refractivity contribution in [1.82, 2.24) is 4.90 Å². The van der Waals surface area contributed by atoms with E-state index in [0.29, 0.717) is 0 Å². The van der Waals surface area contributed by atoms with E-state index in [1.165, 1.54) is 20.8 Å². The first kappa shape index (κ1) is 20.7. The van der Waals surface area contributed by atoms with E-state index < -0.39 is 58.8 Å². The molecule has 0 heterocycles. The lowest BCUT2D eigenvalue weighted by molar-refractivity contribution is -0.171. The summed E-state index contributed by atoms with van der Waals surface area (Å²) in [5.41, 5.74) is -0.906. The number of carbonyl (C=O) groups excluding carboxylic acids is 2. The summed E-state index contributed by atoms with van der Waals surface area (Å²) < 4.78 is 64.2. The quantitative estimate of drug-likeness (QED) is 0.674. The Morgan fingerprint density at radius 2 is 1.64 bits per heavy atom.